The SMILES string of the molecule is CCC(CCBr)CNC(=O)c1cccc(O)c1C. The highest BCUT2D eigenvalue weighted by Crippen LogP contribution is 2.19. The minimum absolute atomic E-state index is 0.114. The fraction of sp³-hybridized carbons (Fsp3) is 0.500. The Hall–Kier alpha value is -1.03. The molecule has 1 aromatic carbocycles. The van der Waals surface area contributed by atoms with Gasteiger partial charge in [-0.05, 0) is 31.4 Å². The van der Waals surface area contributed by atoms with Crippen LogP contribution in [0.25, 0.3) is 0 Å². The lowest BCUT2D eigenvalue weighted by atomic mass is 10.0. The summed E-state index contributed by atoms with van der Waals surface area (Å²) in [6.45, 7) is 4.55. The smallest absolute Gasteiger partial charge is 0.251 e. The van der Waals surface area contributed by atoms with Gasteiger partial charge >= 0.3 is 0 Å². The zero-order valence-corrected chi connectivity index (χ0v) is 12.5. The third kappa shape index (κ3) is 4.02. The van der Waals surface area contributed by atoms with E-state index in [0.717, 1.165) is 18.2 Å². The van der Waals surface area contributed by atoms with Crippen LogP contribution in [0.5, 0.6) is 5.75 Å². The minimum atomic E-state index is -0.114. The standard InChI is InChI=1S/C14H20BrNO2/c1-3-11(7-8-15)9-16-14(18)12-5-4-6-13(17)10(12)2/h4-6,11,17H,3,7-9H2,1-2H3,(H,16,18). The number of nitrogens with one attached hydrogen (secondary N) is 1. The van der Waals surface area contributed by atoms with E-state index in [-0.39, 0.29) is 11.7 Å². The Balaban J connectivity index is 2.62. The molecule has 1 aromatic rings. The fourth-order valence-corrected chi connectivity index (χ4v) is 2.45. The number of rotatable bonds is 6. The maximum absolute atomic E-state index is 12.0. The Morgan fingerprint density at radius 2 is 2.22 bits per heavy atom. The molecule has 1 rings (SSSR count). The van der Waals surface area contributed by atoms with Crippen LogP contribution < -0.4 is 5.32 Å². The molecule has 1 atom stereocenters. The highest BCUT2D eigenvalue weighted by atomic mass is 79.9. The number of alkyl halides is 1. The predicted molar refractivity (Wildman–Crippen MR) is 77.4 cm³/mol. The zero-order valence-electron chi connectivity index (χ0n) is 10.9. The monoisotopic (exact) mass is 313 g/mol. The number of amides is 1. The second kappa shape index (κ2) is 7.41. The number of aromatic hydroxyl groups is 1. The van der Waals surface area contributed by atoms with E-state index >= 15 is 0 Å². The van der Waals surface area contributed by atoms with Crippen molar-refractivity contribution in [3.05, 3.63) is 29.3 Å². The number of carbonyl (C=O) groups is 1. The molecule has 0 aromatic heterocycles. The summed E-state index contributed by atoms with van der Waals surface area (Å²) in [5.41, 5.74) is 1.17. The first-order valence-electron chi connectivity index (χ1n) is 6.22. The van der Waals surface area contributed by atoms with E-state index < -0.39 is 0 Å². The lowest BCUT2D eigenvalue weighted by molar-refractivity contribution is 0.0945. The molecule has 0 bridgehead atoms. The van der Waals surface area contributed by atoms with E-state index in [2.05, 4.69) is 28.2 Å². The third-order valence-electron chi connectivity index (χ3n) is 3.20. The average molecular weight is 314 g/mol. The van der Waals surface area contributed by atoms with Gasteiger partial charge < -0.3 is 10.4 Å². The first-order chi connectivity index (χ1) is 8.60. The summed E-state index contributed by atoms with van der Waals surface area (Å²) in [5, 5.41) is 13.5. The van der Waals surface area contributed by atoms with Gasteiger partial charge in [-0.15, -0.1) is 0 Å². The summed E-state index contributed by atoms with van der Waals surface area (Å²) < 4.78 is 0. The van der Waals surface area contributed by atoms with Crippen LogP contribution in [0.3, 0.4) is 0 Å². The number of hydrogen-bond donors (Lipinski definition) is 2. The molecular weight excluding hydrogens is 294 g/mol. The fourth-order valence-electron chi connectivity index (χ4n) is 1.81. The van der Waals surface area contributed by atoms with Gasteiger partial charge in [-0.25, -0.2) is 0 Å². The van der Waals surface area contributed by atoms with Crippen molar-refractivity contribution in [2.75, 3.05) is 11.9 Å². The third-order valence-corrected chi connectivity index (χ3v) is 3.65. The van der Waals surface area contributed by atoms with Crippen molar-refractivity contribution in [3.63, 3.8) is 0 Å². The molecule has 0 saturated heterocycles. The number of benzene rings is 1. The molecule has 0 aliphatic rings. The first kappa shape index (κ1) is 15.0. The molecule has 0 saturated carbocycles. The van der Waals surface area contributed by atoms with Crippen LogP contribution in [0.4, 0.5) is 0 Å². The van der Waals surface area contributed by atoms with Crippen LogP contribution in [-0.2, 0) is 0 Å². The van der Waals surface area contributed by atoms with Gasteiger partial charge in [-0.3, -0.25) is 4.79 Å². The van der Waals surface area contributed by atoms with Crippen molar-refractivity contribution in [2.24, 2.45) is 5.92 Å². The largest absolute Gasteiger partial charge is 0.508 e. The predicted octanol–water partition coefficient (Wildman–Crippen LogP) is 3.24. The molecule has 2 N–H and O–H groups in total. The van der Waals surface area contributed by atoms with E-state index in [1.54, 1.807) is 25.1 Å². The van der Waals surface area contributed by atoms with E-state index in [0.29, 0.717) is 23.6 Å². The Bertz CT molecular complexity index is 407. The second-order valence-corrected chi connectivity index (χ2v) is 5.20. The maximum Gasteiger partial charge on any atom is 0.251 e. The summed E-state index contributed by atoms with van der Waals surface area (Å²) in [7, 11) is 0. The van der Waals surface area contributed by atoms with Crippen molar-refractivity contribution < 1.29 is 9.90 Å². The minimum Gasteiger partial charge on any atom is -0.508 e. The highest BCUT2D eigenvalue weighted by molar-refractivity contribution is 9.09. The summed E-state index contributed by atoms with van der Waals surface area (Å²) in [6, 6.07) is 5.01. The van der Waals surface area contributed by atoms with Gasteiger partial charge in [0, 0.05) is 23.0 Å². The lowest BCUT2D eigenvalue weighted by Crippen LogP contribution is -2.29. The molecule has 0 radical (unpaired) electrons. The van der Waals surface area contributed by atoms with Crippen LogP contribution in [0, 0.1) is 12.8 Å². The molecular formula is C14H20BrNO2. The van der Waals surface area contributed by atoms with Gasteiger partial charge in [0.1, 0.15) is 5.75 Å². The van der Waals surface area contributed by atoms with Gasteiger partial charge in [0.05, 0.1) is 0 Å². The van der Waals surface area contributed by atoms with Crippen LogP contribution in [0.2, 0.25) is 0 Å². The van der Waals surface area contributed by atoms with E-state index in [4.69, 9.17) is 0 Å². The molecule has 3 nitrogen and oxygen atoms in total. The summed E-state index contributed by atoms with van der Waals surface area (Å²) in [6.07, 6.45) is 2.10. The van der Waals surface area contributed by atoms with Gasteiger partial charge in [-0.1, -0.05) is 35.3 Å². The van der Waals surface area contributed by atoms with Crippen LogP contribution in [0.1, 0.15) is 35.7 Å². The maximum atomic E-state index is 12.0. The average Bonchev–Trinajstić information content (AvgIpc) is 2.37. The van der Waals surface area contributed by atoms with Gasteiger partial charge in [0.15, 0.2) is 0 Å². The summed E-state index contributed by atoms with van der Waals surface area (Å²) >= 11 is 3.42. The lowest BCUT2D eigenvalue weighted by Gasteiger charge is -2.15. The van der Waals surface area contributed by atoms with Gasteiger partial charge in [0.2, 0.25) is 0 Å². The number of phenols is 1. The number of phenolic OH excluding ortho intramolecular Hbond substituents is 1. The first-order valence-corrected chi connectivity index (χ1v) is 7.35. The summed E-state index contributed by atoms with van der Waals surface area (Å²) in [5.74, 6) is 0.539. The Kier molecular flexibility index (Phi) is 6.19. The van der Waals surface area contributed by atoms with Crippen molar-refractivity contribution >= 4 is 21.8 Å². The molecule has 0 heterocycles. The highest BCUT2D eigenvalue weighted by Gasteiger charge is 2.13. The number of halogens is 1. The Morgan fingerprint density at radius 1 is 1.50 bits per heavy atom. The topological polar surface area (TPSA) is 49.3 Å². The molecule has 0 spiro atoms. The van der Waals surface area contributed by atoms with Crippen molar-refractivity contribution in [1.82, 2.24) is 5.32 Å². The molecule has 0 fully saturated rings. The zero-order chi connectivity index (χ0) is 13.5. The number of carbonyl (C=O) groups excluding carboxylic acids is 1. The molecule has 4 heteroatoms. The molecule has 0 aliphatic carbocycles. The van der Waals surface area contributed by atoms with Gasteiger partial charge in [-0.2, -0.15) is 0 Å². The Morgan fingerprint density at radius 3 is 2.83 bits per heavy atom. The quantitative estimate of drug-likeness (QED) is 0.792. The van der Waals surface area contributed by atoms with E-state index in [9.17, 15) is 9.90 Å². The Labute approximate surface area is 117 Å². The second-order valence-electron chi connectivity index (χ2n) is 4.41. The van der Waals surface area contributed by atoms with Crippen LogP contribution in [0.15, 0.2) is 18.2 Å². The van der Waals surface area contributed by atoms with E-state index in [1.807, 2.05) is 0 Å². The molecule has 18 heavy (non-hydrogen) atoms. The molecule has 1 amide bonds. The van der Waals surface area contributed by atoms with Crippen molar-refractivity contribution in [3.8, 4) is 5.75 Å². The molecule has 1 unspecified atom stereocenters. The molecule has 0 aliphatic heterocycles. The van der Waals surface area contributed by atoms with Crippen molar-refractivity contribution in [1.29, 1.82) is 0 Å². The van der Waals surface area contributed by atoms with E-state index in [1.165, 1.54) is 0 Å². The van der Waals surface area contributed by atoms with Crippen LogP contribution >= 0.6 is 15.9 Å². The van der Waals surface area contributed by atoms with Crippen molar-refractivity contribution in [2.45, 2.75) is 26.7 Å². The summed E-state index contributed by atoms with van der Waals surface area (Å²) in [4.78, 5) is 12.0. The normalized spacial score (nSPS) is 12.2. The van der Waals surface area contributed by atoms with Crippen LogP contribution in [-0.4, -0.2) is 22.9 Å². The number of hydrogen-bond acceptors (Lipinski definition) is 2. The molecule has 100 valence electrons. The van der Waals surface area contributed by atoms with Gasteiger partial charge in [0.25, 0.3) is 5.91 Å².